The van der Waals surface area contributed by atoms with Crippen LogP contribution < -0.4 is 11.3 Å². The molecular weight excluding hydrogens is 140 g/mol. The number of hydrogen-bond acceptors (Lipinski definition) is 3. The second-order valence-corrected chi connectivity index (χ2v) is 2.57. The summed E-state index contributed by atoms with van der Waals surface area (Å²) in [6, 6.07) is 3.76. The molecule has 0 amide bonds. The van der Waals surface area contributed by atoms with E-state index < -0.39 is 0 Å². The fourth-order valence-electron chi connectivity index (χ4n) is 0.978. The van der Waals surface area contributed by atoms with E-state index in [4.69, 9.17) is 5.84 Å². The summed E-state index contributed by atoms with van der Waals surface area (Å²) in [6.07, 6.45) is 0. The maximum absolute atomic E-state index is 9.44. The lowest BCUT2D eigenvalue weighted by Crippen LogP contribution is -2.08. The van der Waals surface area contributed by atoms with Crippen LogP contribution in [0.5, 0.6) is 5.75 Å². The third-order valence-electron chi connectivity index (χ3n) is 1.73. The zero-order valence-electron chi connectivity index (χ0n) is 6.68. The van der Waals surface area contributed by atoms with Gasteiger partial charge >= 0.3 is 0 Å². The number of nitrogen functional groups attached to an aromatic ring is 1. The Hall–Kier alpha value is -1.22. The quantitative estimate of drug-likeness (QED) is 0.323. The van der Waals surface area contributed by atoms with Crippen LogP contribution in [0.2, 0.25) is 0 Å². The van der Waals surface area contributed by atoms with Crippen LogP contribution in [0.4, 0.5) is 5.69 Å². The number of hydrazine groups is 1. The van der Waals surface area contributed by atoms with Crippen molar-refractivity contribution in [2.75, 3.05) is 5.43 Å². The number of phenols is 1. The van der Waals surface area contributed by atoms with Gasteiger partial charge in [-0.05, 0) is 25.0 Å². The van der Waals surface area contributed by atoms with Gasteiger partial charge in [0.1, 0.15) is 5.75 Å². The maximum atomic E-state index is 9.44. The van der Waals surface area contributed by atoms with Gasteiger partial charge in [-0.3, -0.25) is 5.84 Å². The highest BCUT2D eigenvalue weighted by atomic mass is 16.3. The first kappa shape index (κ1) is 7.88. The molecule has 0 radical (unpaired) electrons. The van der Waals surface area contributed by atoms with Crippen molar-refractivity contribution in [1.29, 1.82) is 0 Å². The third kappa shape index (κ3) is 1.28. The summed E-state index contributed by atoms with van der Waals surface area (Å²) in [7, 11) is 0. The summed E-state index contributed by atoms with van der Waals surface area (Å²) in [5.74, 6) is 5.44. The fraction of sp³-hybridized carbons (Fsp3) is 0.250. The normalized spacial score (nSPS) is 9.73. The van der Waals surface area contributed by atoms with Crippen molar-refractivity contribution in [1.82, 2.24) is 0 Å². The van der Waals surface area contributed by atoms with Gasteiger partial charge in [0.25, 0.3) is 0 Å². The first-order valence-corrected chi connectivity index (χ1v) is 3.42. The lowest BCUT2D eigenvalue weighted by Gasteiger charge is -2.08. The van der Waals surface area contributed by atoms with Gasteiger partial charge in [0.05, 0.1) is 5.69 Å². The minimum absolute atomic E-state index is 0.229. The number of nitrogens with one attached hydrogen (secondary N) is 1. The minimum atomic E-state index is 0.229. The summed E-state index contributed by atoms with van der Waals surface area (Å²) < 4.78 is 0. The van der Waals surface area contributed by atoms with Crippen LogP contribution in [0.15, 0.2) is 12.1 Å². The molecule has 3 heteroatoms. The molecule has 0 heterocycles. The highest BCUT2D eigenvalue weighted by Crippen LogP contribution is 2.29. The molecule has 1 rings (SSSR count). The van der Waals surface area contributed by atoms with Crippen molar-refractivity contribution in [2.45, 2.75) is 13.8 Å². The Labute approximate surface area is 65.8 Å². The van der Waals surface area contributed by atoms with Crippen molar-refractivity contribution in [3.63, 3.8) is 0 Å². The number of phenolic OH excluding ortho intramolecular Hbond substituents is 1. The maximum Gasteiger partial charge on any atom is 0.143 e. The molecule has 0 aromatic heterocycles. The van der Waals surface area contributed by atoms with Gasteiger partial charge in [-0.25, -0.2) is 0 Å². The van der Waals surface area contributed by atoms with Crippen LogP contribution in [0.3, 0.4) is 0 Å². The summed E-state index contributed by atoms with van der Waals surface area (Å²) in [4.78, 5) is 0. The predicted octanol–water partition coefficient (Wildman–Crippen LogP) is 1.29. The van der Waals surface area contributed by atoms with Gasteiger partial charge in [-0.2, -0.15) is 0 Å². The Morgan fingerprint density at radius 1 is 1.27 bits per heavy atom. The van der Waals surface area contributed by atoms with E-state index in [-0.39, 0.29) is 5.75 Å². The molecule has 0 unspecified atom stereocenters. The number of rotatable bonds is 1. The smallest absolute Gasteiger partial charge is 0.143 e. The lowest BCUT2D eigenvalue weighted by molar-refractivity contribution is 0.473. The topological polar surface area (TPSA) is 58.3 Å². The summed E-state index contributed by atoms with van der Waals surface area (Å²) in [6.45, 7) is 3.71. The van der Waals surface area contributed by atoms with Crippen LogP contribution >= 0.6 is 0 Å². The van der Waals surface area contributed by atoms with E-state index in [1.165, 1.54) is 0 Å². The molecule has 0 bridgehead atoms. The van der Waals surface area contributed by atoms with Crippen molar-refractivity contribution in [3.05, 3.63) is 23.3 Å². The van der Waals surface area contributed by atoms with Crippen LogP contribution in [0.25, 0.3) is 0 Å². The van der Waals surface area contributed by atoms with E-state index in [2.05, 4.69) is 5.43 Å². The molecule has 0 atom stereocenters. The first-order valence-electron chi connectivity index (χ1n) is 3.42. The number of nitrogens with two attached hydrogens (primary N) is 1. The minimum Gasteiger partial charge on any atom is -0.505 e. The number of benzene rings is 1. The molecule has 1 aromatic rings. The Balaban J connectivity index is 3.29. The van der Waals surface area contributed by atoms with Gasteiger partial charge in [-0.15, -0.1) is 0 Å². The second-order valence-electron chi connectivity index (χ2n) is 2.57. The average molecular weight is 152 g/mol. The van der Waals surface area contributed by atoms with Crippen LogP contribution in [-0.2, 0) is 0 Å². The fourth-order valence-corrected chi connectivity index (χ4v) is 0.978. The van der Waals surface area contributed by atoms with E-state index in [0.717, 1.165) is 11.1 Å². The van der Waals surface area contributed by atoms with Gasteiger partial charge in [0.15, 0.2) is 0 Å². The zero-order valence-corrected chi connectivity index (χ0v) is 6.68. The molecule has 1 aromatic carbocycles. The zero-order chi connectivity index (χ0) is 8.43. The van der Waals surface area contributed by atoms with Gasteiger partial charge in [0, 0.05) is 0 Å². The van der Waals surface area contributed by atoms with E-state index in [0.29, 0.717) is 5.69 Å². The third-order valence-corrected chi connectivity index (χ3v) is 1.73. The van der Waals surface area contributed by atoms with E-state index in [1.54, 1.807) is 0 Å². The van der Waals surface area contributed by atoms with Crippen LogP contribution in [0.1, 0.15) is 11.1 Å². The van der Waals surface area contributed by atoms with E-state index in [1.807, 2.05) is 26.0 Å². The highest BCUT2D eigenvalue weighted by Gasteiger charge is 2.04. The number of aromatic hydroxyl groups is 1. The van der Waals surface area contributed by atoms with Crippen molar-refractivity contribution >= 4 is 5.69 Å². The summed E-state index contributed by atoms with van der Waals surface area (Å²) in [5.41, 5.74) is 4.82. The summed E-state index contributed by atoms with van der Waals surface area (Å²) >= 11 is 0. The molecule has 60 valence electrons. The van der Waals surface area contributed by atoms with E-state index in [9.17, 15) is 5.11 Å². The molecule has 0 spiro atoms. The van der Waals surface area contributed by atoms with E-state index >= 15 is 0 Å². The highest BCUT2D eigenvalue weighted by molar-refractivity contribution is 5.63. The molecule has 0 aliphatic heterocycles. The number of aryl methyl sites for hydroxylation is 2. The molecule has 0 aliphatic carbocycles. The number of hydrogen-bond donors (Lipinski definition) is 3. The van der Waals surface area contributed by atoms with Crippen molar-refractivity contribution in [3.8, 4) is 5.75 Å². The molecular formula is C8H12N2O. The van der Waals surface area contributed by atoms with Crippen molar-refractivity contribution < 1.29 is 5.11 Å². The Morgan fingerprint density at radius 2 is 1.82 bits per heavy atom. The van der Waals surface area contributed by atoms with Crippen LogP contribution in [-0.4, -0.2) is 5.11 Å². The lowest BCUT2D eigenvalue weighted by atomic mass is 10.1. The molecule has 0 saturated carbocycles. The second kappa shape index (κ2) is 2.80. The van der Waals surface area contributed by atoms with Gasteiger partial charge < -0.3 is 10.5 Å². The average Bonchev–Trinajstić information content (AvgIpc) is 1.99. The molecule has 4 N–H and O–H groups in total. The molecule has 0 aliphatic rings. The monoisotopic (exact) mass is 152 g/mol. The first-order chi connectivity index (χ1) is 5.16. The molecule has 3 nitrogen and oxygen atoms in total. The van der Waals surface area contributed by atoms with Gasteiger partial charge in [-0.1, -0.05) is 12.1 Å². The Bertz CT molecular complexity index is 271. The van der Waals surface area contributed by atoms with Gasteiger partial charge in [0.2, 0.25) is 0 Å². The van der Waals surface area contributed by atoms with Crippen molar-refractivity contribution in [2.24, 2.45) is 5.84 Å². The standard InChI is InChI=1S/C8H12N2O/c1-5-3-4-6(2)8(11)7(5)10-9/h3-4,10-11H,9H2,1-2H3. The molecule has 0 saturated heterocycles. The SMILES string of the molecule is Cc1ccc(C)c(NN)c1O. The molecule has 0 fully saturated rings. The largest absolute Gasteiger partial charge is 0.505 e. The predicted molar refractivity (Wildman–Crippen MR) is 45.4 cm³/mol. The van der Waals surface area contributed by atoms with Crippen LogP contribution in [0, 0.1) is 13.8 Å². The summed E-state index contributed by atoms with van der Waals surface area (Å²) in [5, 5.41) is 9.44. The Kier molecular flexibility index (Phi) is 2.01. The Morgan fingerprint density at radius 3 is 2.27 bits per heavy atom. The number of anilines is 1. The molecule has 11 heavy (non-hydrogen) atoms.